The van der Waals surface area contributed by atoms with E-state index in [1.54, 1.807) is 0 Å². The van der Waals surface area contributed by atoms with E-state index in [1.165, 1.54) is 70.3 Å². The fourth-order valence-electron chi connectivity index (χ4n) is 2.46. The van der Waals surface area contributed by atoms with Gasteiger partial charge < -0.3 is 30.9 Å². The Balaban J connectivity index is 0. The van der Waals surface area contributed by atoms with Gasteiger partial charge in [-0.1, -0.05) is 77.2 Å². The van der Waals surface area contributed by atoms with Crippen LogP contribution in [0, 0.1) is 0 Å². The molecular weight excluding hydrogens is 390 g/mol. The van der Waals surface area contributed by atoms with Crippen molar-refractivity contribution in [2.45, 2.75) is 96.1 Å². The summed E-state index contributed by atoms with van der Waals surface area (Å²) in [6.07, 6.45) is 17.6. The maximum absolute atomic E-state index is 11.3. The summed E-state index contributed by atoms with van der Waals surface area (Å²) < 4.78 is 4.77. The molecule has 0 aliphatic carbocycles. The lowest BCUT2D eigenvalue weighted by atomic mass is 10.1. The molecule has 8 heteroatoms. The second-order valence-corrected chi connectivity index (χ2v) is 7.32. The van der Waals surface area contributed by atoms with Crippen molar-refractivity contribution in [1.82, 2.24) is 0 Å². The van der Waals surface area contributed by atoms with Gasteiger partial charge in [0.1, 0.15) is 18.8 Å². The molecule has 0 saturated heterocycles. The largest absolute Gasteiger partial charge is 0.480 e. The number of hydrogen-bond acceptors (Lipinski definition) is 7. The van der Waals surface area contributed by atoms with E-state index >= 15 is 0 Å². The average Bonchev–Trinajstić information content (AvgIpc) is 2.74. The minimum Gasteiger partial charge on any atom is -0.480 e. The fourth-order valence-corrected chi connectivity index (χ4v) is 2.46. The zero-order valence-corrected chi connectivity index (χ0v) is 18.5. The molecule has 6 N–H and O–H groups in total. The molecule has 0 heterocycles. The number of carbonyl (C=O) groups is 2. The highest BCUT2D eigenvalue weighted by Gasteiger charge is 2.07. The number of aliphatic carboxylic acids is 1. The smallest absolute Gasteiger partial charge is 0.330 e. The molecule has 0 amide bonds. The van der Waals surface area contributed by atoms with Gasteiger partial charge in [-0.3, -0.25) is 4.79 Å². The van der Waals surface area contributed by atoms with Crippen molar-refractivity contribution in [1.29, 1.82) is 0 Å². The van der Waals surface area contributed by atoms with Crippen molar-refractivity contribution in [3.05, 3.63) is 12.2 Å². The molecule has 0 fully saturated rings. The molecule has 0 aliphatic rings. The van der Waals surface area contributed by atoms with Gasteiger partial charge in [0.15, 0.2) is 0 Å². The van der Waals surface area contributed by atoms with Gasteiger partial charge in [-0.15, -0.1) is 0 Å². The van der Waals surface area contributed by atoms with E-state index in [9.17, 15) is 9.59 Å². The number of carboxylic acid groups (broad SMARTS) is 1. The number of ether oxygens (including phenoxy) is 1. The van der Waals surface area contributed by atoms with Gasteiger partial charge in [-0.2, -0.15) is 0 Å². The second-order valence-electron chi connectivity index (χ2n) is 7.32. The molecule has 2 atom stereocenters. The molecule has 0 bridgehead atoms. The quantitative estimate of drug-likeness (QED) is 0.126. The van der Waals surface area contributed by atoms with Gasteiger partial charge in [0.2, 0.25) is 0 Å². The Labute approximate surface area is 181 Å². The third-order valence-electron chi connectivity index (χ3n) is 4.37. The number of esters is 1. The summed E-state index contributed by atoms with van der Waals surface area (Å²) in [7, 11) is 0. The fraction of sp³-hybridized carbons (Fsp3) is 0.818. The Morgan fingerprint density at radius 3 is 1.80 bits per heavy atom. The van der Waals surface area contributed by atoms with E-state index in [2.05, 4.69) is 6.92 Å². The molecule has 0 spiro atoms. The highest BCUT2D eigenvalue weighted by molar-refractivity contribution is 5.81. The predicted molar refractivity (Wildman–Crippen MR) is 117 cm³/mol. The van der Waals surface area contributed by atoms with Crippen LogP contribution >= 0.6 is 0 Å². The summed E-state index contributed by atoms with van der Waals surface area (Å²) in [5.74, 6) is -1.64. The number of aliphatic hydroxyl groups is 3. The molecule has 0 aliphatic heterocycles. The first kappa shape index (κ1) is 30.7. The molecule has 2 unspecified atom stereocenters. The van der Waals surface area contributed by atoms with Crippen molar-refractivity contribution in [2.75, 3.05) is 19.8 Å². The molecule has 0 rings (SSSR count). The number of hydrogen-bond donors (Lipinski definition) is 5. The molecule has 0 aromatic carbocycles. The molecule has 0 aromatic heterocycles. The number of unbranched alkanes of at least 4 members (excludes halogenated alkanes) is 11. The maximum Gasteiger partial charge on any atom is 0.330 e. The van der Waals surface area contributed by atoms with Crippen LogP contribution in [0.2, 0.25) is 0 Å². The SMILES string of the molecule is CCCCCCCCCCCCC/C=C/C(=O)OCC(O)CO.NC(CO)C(=O)O. The molecule has 30 heavy (non-hydrogen) atoms. The topological polar surface area (TPSA) is 150 Å². The van der Waals surface area contributed by atoms with Gasteiger partial charge in [0, 0.05) is 6.08 Å². The van der Waals surface area contributed by atoms with Crippen LogP contribution in [0.5, 0.6) is 0 Å². The maximum atomic E-state index is 11.3. The molecule has 0 radical (unpaired) electrons. The number of aliphatic hydroxyl groups excluding tert-OH is 3. The molecule has 8 nitrogen and oxygen atoms in total. The lowest BCUT2D eigenvalue weighted by Crippen LogP contribution is -2.33. The second kappa shape index (κ2) is 23.8. The van der Waals surface area contributed by atoms with Gasteiger partial charge in [0.25, 0.3) is 0 Å². The Bertz CT molecular complexity index is 430. The van der Waals surface area contributed by atoms with Crippen molar-refractivity contribution in [2.24, 2.45) is 5.73 Å². The van der Waals surface area contributed by atoms with Crippen molar-refractivity contribution in [3.63, 3.8) is 0 Å². The summed E-state index contributed by atoms with van der Waals surface area (Å²) in [6.45, 7) is 1.20. The minimum atomic E-state index is -1.18. The van der Waals surface area contributed by atoms with Crippen molar-refractivity contribution >= 4 is 11.9 Å². The van der Waals surface area contributed by atoms with E-state index in [1.807, 2.05) is 6.08 Å². The molecule has 0 saturated carbocycles. The van der Waals surface area contributed by atoms with Gasteiger partial charge in [-0.25, -0.2) is 4.79 Å². The first-order valence-electron chi connectivity index (χ1n) is 11.1. The van der Waals surface area contributed by atoms with Crippen LogP contribution in [0.15, 0.2) is 12.2 Å². The Kier molecular flexibility index (Phi) is 24.4. The number of allylic oxidation sites excluding steroid dienone is 1. The van der Waals surface area contributed by atoms with Crippen molar-refractivity contribution in [3.8, 4) is 0 Å². The van der Waals surface area contributed by atoms with Crippen LogP contribution in [-0.4, -0.2) is 64.3 Å². The van der Waals surface area contributed by atoms with E-state index in [0.29, 0.717) is 0 Å². The minimum absolute atomic E-state index is 0.155. The zero-order valence-electron chi connectivity index (χ0n) is 18.5. The van der Waals surface area contributed by atoms with E-state index in [4.69, 9.17) is 30.9 Å². The number of nitrogens with two attached hydrogens (primary N) is 1. The summed E-state index contributed by atoms with van der Waals surface area (Å²) in [4.78, 5) is 20.9. The first-order valence-corrected chi connectivity index (χ1v) is 11.1. The van der Waals surface area contributed by atoms with Crippen LogP contribution in [0.25, 0.3) is 0 Å². The van der Waals surface area contributed by atoms with Crippen LogP contribution in [0.1, 0.15) is 84.0 Å². The normalized spacial score (nSPS) is 12.8. The molecule has 0 aromatic rings. The standard InChI is InChI=1S/C19H36O4.C3H7NO3/c1-2-3-4-5-6-7-8-9-10-11-12-13-14-15-19(22)23-17-18(21)16-20;4-2(1-5)3(6)7/h14-15,18,20-21H,2-13,16-17H2,1H3;2,5H,1,4H2,(H,6,7)/b15-14+;. The monoisotopic (exact) mass is 433 g/mol. The number of rotatable bonds is 18. The zero-order chi connectivity index (χ0) is 23.0. The van der Waals surface area contributed by atoms with Gasteiger partial charge in [0.05, 0.1) is 13.2 Å². The van der Waals surface area contributed by atoms with Crippen molar-refractivity contribution < 1.29 is 34.8 Å². The molecule has 178 valence electrons. The Hall–Kier alpha value is -1.48. The third kappa shape index (κ3) is 24.6. The number of carboxylic acids is 1. The summed E-state index contributed by atoms with van der Waals surface area (Å²) >= 11 is 0. The summed E-state index contributed by atoms with van der Waals surface area (Å²) in [6, 6.07) is -1.13. The highest BCUT2D eigenvalue weighted by Crippen LogP contribution is 2.12. The first-order chi connectivity index (χ1) is 14.4. The van der Waals surface area contributed by atoms with E-state index in [0.717, 1.165) is 12.8 Å². The van der Waals surface area contributed by atoms with Crippen LogP contribution < -0.4 is 5.73 Å². The van der Waals surface area contributed by atoms with Crippen LogP contribution in [0.3, 0.4) is 0 Å². The number of carbonyl (C=O) groups excluding carboxylic acids is 1. The lowest BCUT2D eigenvalue weighted by molar-refractivity contribution is -0.141. The Morgan fingerprint density at radius 1 is 0.900 bits per heavy atom. The van der Waals surface area contributed by atoms with E-state index < -0.39 is 37.3 Å². The predicted octanol–water partition coefficient (Wildman–Crippen LogP) is 2.53. The molecular formula is C22H43NO7. The van der Waals surface area contributed by atoms with Crippen LogP contribution in [-0.2, 0) is 14.3 Å². The van der Waals surface area contributed by atoms with Gasteiger partial charge >= 0.3 is 11.9 Å². The Morgan fingerprint density at radius 2 is 1.40 bits per heavy atom. The summed E-state index contributed by atoms with van der Waals surface area (Å²) in [5.41, 5.74) is 4.77. The van der Waals surface area contributed by atoms with Gasteiger partial charge in [-0.05, 0) is 12.8 Å². The third-order valence-corrected chi connectivity index (χ3v) is 4.37. The summed E-state index contributed by atoms with van der Waals surface area (Å²) in [5, 5.41) is 33.5. The van der Waals surface area contributed by atoms with Crippen LogP contribution in [0.4, 0.5) is 0 Å². The van der Waals surface area contributed by atoms with E-state index in [-0.39, 0.29) is 6.61 Å². The highest BCUT2D eigenvalue weighted by atomic mass is 16.5. The lowest BCUT2D eigenvalue weighted by Gasteiger charge is -2.06. The average molecular weight is 434 g/mol.